The van der Waals surface area contributed by atoms with Crippen molar-refractivity contribution in [2.45, 2.75) is 6.92 Å². The van der Waals surface area contributed by atoms with Gasteiger partial charge in [0.15, 0.2) is 0 Å². The maximum absolute atomic E-state index is 5.75. The summed E-state index contributed by atoms with van der Waals surface area (Å²) >= 11 is 5.75. The fourth-order valence-electron chi connectivity index (χ4n) is 1.41. The van der Waals surface area contributed by atoms with Crippen LogP contribution in [0.5, 0.6) is 0 Å². The Hall–Kier alpha value is -1.61. The van der Waals surface area contributed by atoms with Crippen LogP contribution in [0.1, 0.15) is 5.56 Å². The summed E-state index contributed by atoms with van der Waals surface area (Å²) in [4.78, 5) is 9.98. The third kappa shape index (κ3) is 2.31. The summed E-state index contributed by atoms with van der Waals surface area (Å²) in [6, 6.07) is 10.0. The summed E-state index contributed by atoms with van der Waals surface area (Å²) in [5.41, 5.74) is 2.30. The minimum atomic E-state index is 0.261. The van der Waals surface area contributed by atoms with Gasteiger partial charge in [-0.25, -0.2) is 9.97 Å². The Labute approximate surface area is 99.7 Å². The zero-order valence-corrected chi connectivity index (χ0v) is 9.94. The molecule has 0 bridgehead atoms. The van der Waals surface area contributed by atoms with Gasteiger partial charge in [-0.05, 0) is 36.7 Å². The van der Waals surface area contributed by atoms with Crippen molar-refractivity contribution in [1.29, 1.82) is 0 Å². The lowest BCUT2D eigenvalue weighted by atomic mass is 10.2. The van der Waals surface area contributed by atoms with Crippen LogP contribution >= 0.6 is 11.6 Å². The molecule has 0 fully saturated rings. The average Bonchev–Trinajstić information content (AvgIpc) is 2.29. The van der Waals surface area contributed by atoms with Gasteiger partial charge in [-0.3, -0.25) is 0 Å². The van der Waals surface area contributed by atoms with Gasteiger partial charge < -0.3 is 4.90 Å². The smallest absolute Gasteiger partial charge is 0.224 e. The van der Waals surface area contributed by atoms with E-state index in [0.717, 1.165) is 11.5 Å². The highest BCUT2D eigenvalue weighted by Crippen LogP contribution is 2.22. The van der Waals surface area contributed by atoms with Gasteiger partial charge in [0, 0.05) is 18.9 Å². The largest absolute Gasteiger partial charge is 0.329 e. The standard InChI is InChI=1S/C12H12ClN3/c1-9-3-5-10(6-4-9)16(2)11-7-8-14-12(13)15-11/h3-8H,1-2H3. The third-order valence-corrected chi connectivity index (χ3v) is 2.56. The molecule has 2 aromatic rings. The Morgan fingerprint density at radius 3 is 2.44 bits per heavy atom. The summed E-state index contributed by atoms with van der Waals surface area (Å²) in [5, 5.41) is 0.261. The third-order valence-electron chi connectivity index (χ3n) is 2.38. The Bertz CT molecular complexity index is 482. The van der Waals surface area contributed by atoms with Crippen LogP contribution in [0.3, 0.4) is 0 Å². The zero-order valence-electron chi connectivity index (χ0n) is 9.18. The molecule has 0 amide bonds. The maximum Gasteiger partial charge on any atom is 0.224 e. The van der Waals surface area contributed by atoms with E-state index < -0.39 is 0 Å². The van der Waals surface area contributed by atoms with E-state index in [1.807, 2.05) is 30.1 Å². The van der Waals surface area contributed by atoms with Crippen molar-refractivity contribution in [3.63, 3.8) is 0 Å². The van der Waals surface area contributed by atoms with Crippen LogP contribution < -0.4 is 4.90 Å². The van der Waals surface area contributed by atoms with Crippen LogP contribution in [0.25, 0.3) is 0 Å². The van der Waals surface area contributed by atoms with Gasteiger partial charge in [-0.1, -0.05) is 17.7 Å². The summed E-state index contributed by atoms with van der Waals surface area (Å²) in [5.74, 6) is 0.781. The molecule has 2 rings (SSSR count). The Balaban J connectivity index is 2.31. The minimum absolute atomic E-state index is 0.261. The van der Waals surface area contributed by atoms with Crippen LogP contribution in [0.4, 0.5) is 11.5 Å². The van der Waals surface area contributed by atoms with E-state index in [1.54, 1.807) is 6.20 Å². The van der Waals surface area contributed by atoms with Crippen molar-refractivity contribution in [3.8, 4) is 0 Å². The normalized spacial score (nSPS) is 10.2. The molecule has 1 aromatic carbocycles. The molecule has 0 atom stereocenters. The van der Waals surface area contributed by atoms with Gasteiger partial charge in [-0.2, -0.15) is 0 Å². The molecule has 16 heavy (non-hydrogen) atoms. The van der Waals surface area contributed by atoms with Crippen molar-refractivity contribution in [2.24, 2.45) is 0 Å². The molecule has 0 aliphatic heterocycles. The molecule has 0 saturated carbocycles. The summed E-state index contributed by atoms with van der Waals surface area (Å²) in [6.45, 7) is 2.06. The zero-order chi connectivity index (χ0) is 11.5. The summed E-state index contributed by atoms with van der Waals surface area (Å²) in [6.07, 6.45) is 1.65. The number of hydrogen-bond acceptors (Lipinski definition) is 3. The molecule has 3 nitrogen and oxygen atoms in total. The van der Waals surface area contributed by atoms with Crippen molar-refractivity contribution in [1.82, 2.24) is 9.97 Å². The molecular formula is C12H12ClN3. The van der Waals surface area contributed by atoms with E-state index >= 15 is 0 Å². The Kier molecular flexibility index (Phi) is 3.06. The lowest BCUT2D eigenvalue weighted by molar-refractivity contribution is 1.08. The van der Waals surface area contributed by atoms with Crippen LogP contribution in [0.15, 0.2) is 36.5 Å². The number of halogens is 1. The minimum Gasteiger partial charge on any atom is -0.329 e. The number of anilines is 2. The molecule has 0 radical (unpaired) electrons. The van der Waals surface area contributed by atoms with Crippen molar-refractivity contribution in [2.75, 3.05) is 11.9 Å². The molecule has 0 aliphatic carbocycles. The fraction of sp³-hybridized carbons (Fsp3) is 0.167. The first kappa shape index (κ1) is 10.9. The summed E-state index contributed by atoms with van der Waals surface area (Å²) < 4.78 is 0. The predicted molar refractivity (Wildman–Crippen MR) is 66.3 cm³/mol. The van der Waals surface area contributed by atoms with E-state index in [9.17, 15) is 0 Å². The molecule has 82 valence electrons. The highest BCUT2D eigenvalue weighted by atomic mass is 35.5. The highest BCUT2D eigenvalue weighted by Gasteiger charge is 2.05. The first-order chi connectivity index (χ1) is 7.66. The number of aromatic nitrogens is 2. The van der Waals surface area contributed by atoms with Gasteiger partial charge in [0.2, 0.25) is 5.28 Å². The number of rotatable bonds is 2. The van der Waals surface area contributed by atoms with Gasteiger partial charge in [0.05, 0.1) is 0 Å². The molecule has 1 aromatic heterocycles. The highest BCUT2D eigenvalue weighted by molar-refractivity contribution is 6.28. The SMILES string of the molecule is Cc1ccc(N(C)c2ccnc(Cl)n2)cc1. The average molecular weight is 234 g/mol. The van der Waals surface area contributed by atoms with Crippen molar-refractivity contribution in [3.05, 3.63) is 47.4 Å². The van der Waals surface area contributed by atoms with E-state index in [2.05, 4.69) is 29.0 Å². The quantitative estimate of drug-likeness (QED) is 0.746. The predicted octanol–water partition coefficient (Wildman–Crippen LogP) is 3.21. The van der Waals surface area contributed by atoms with Crippen molar-refractivity contribution < 1.29 is 0 Å². The van der Waals surface area contributed by atoms with E-state index in [0.29, 0.717) is 0 Å². The van der Waals surface area contributed by atoms with Crippen LogP contribution in [-0.4, -0.2) is 17.0 Å². The summed E-state index contributed by atoms with van der Waals surface area (Å²) in [7, 11) is 1.95. The topological polar surface area (TPSA) is 29.0 Å². The van der Waals surface area contributed by atoms with Crippen LogP contribution in [0, 0.1) is 6.92 Å². The monoisotopic (exact) mass is 233 g/mol. The lowest BCUT2D eigenvalue weighted by Gasteiger charge is -2.18. The number of benzene rings is 1. The maximum atomic E-state index is 5.75. The number of hydrogen-bond donors (Lipinski definition) is 0. The van der Waals surface area contributed by atoms with Gasteiger partial charge >= 0.3 is 0 Å². The Morgan fingerprint density at radius 2 is 1.81 bits per heavy atom. The first-order valence-corrected chi connectivity index (χ1v) is 5.33. The fourth-order valence-corrected chi connectivity index (χ4v) is 1.56. The second-order valence-electron chi connectivity index (χ2n) is 3.58. The number of nitrogens with zero attached hydrogens (tertiary/aromatic N) is 3. The van der Waals surface area contributed by atoms with E-state index in [4.69, 9.17) is 11.6 Å². The van der Waals surface area contributed by atoms with Gasteiger partial charge in [0.1, 0.15) is 5.82 Å². The molecule has 0 unspecified atom stereocenters. The Morgan fingerprint density at radius 1 is 1.12 bits per heavy atom. The molecular weight excluding hydrogens is 222 g/mol. The molecule has 0 spiro atoms. The first-order valence-electron chi connectivity index (χ1n) is 4.96. The second kappa shape index (κ2) is 4.49. The van der Waals surface area contributed by atoms with E-state index in [-0.39, 0.29) is 5.28 Å². The van der Waals surface area contributed by atoms with Crippen molar-refractivity contribution >= 4 is 23.1 Å². The van der Waals surface area contributed by atoms with Gasteiger partial charge in [0.25, 0.3) is 0 Å². The molecule has 0 saturated heterocycles. The molecule has 1 heterocycles. The number of aryl methyl sites for hydroxylation is 1. The van der Waals surface area contributed by atoms with E-state index in [1.165, 1.54) is 5.56 Å². The second-order valence-corrected chi connectivity index (χ2v) is 3.92. The molecule has 4 heteroatoms. The molecule has 0 N–H and O–H groups in total. The van der Waals surface area contributed by atoms with Crippen LogP contribution in [-0.2, 0) is 0 Å². The van der Waals surface area contributed by atoms with Crippen LogP contribution in [0.2, 0.25) is 5.28 Å². The lowest BCUT2D eigenvalue weighted by Crippen LogP contribution is -2.11. The molecule has 0 aliphatic rings. The van der Waals surface area contributed by atoms with Gasteiger partial charge in [-0.15, -0.1) is 0 Å².